The highest BCUT2D eigenvalue weighted by Gasteiger charge is 2.18. The Labute approximate surface area is 149 Å². The van der Waals surface area contributed by atoms with Crippen molar-refractivity contribution in [2.45, 2.75) is 24.7 Å². The third-order valence-electron chi connectivity index (χ3n) is 3.52. The SMILES string of the molecule is CCn1cnnc1SCC(=O)N[C@@H](c1ccccc1)c1cccs1. The summed E-state index contributed by atoms with van der Waals surface area (Å²) in [6, 6.07) is 13.9. The van der Waals surface area contributed by atoms with E-state index in [1.54, 1.807) is 17.7 Å². The van der Waals surface area contributed by atoms with E-state index in [1.807, 2.05) is 59.3 Å². The molecule has 3 aromatic rings. The first kappa shape index (κ1) is 16.7. The number of hydrogen-bond acceptors (Lipinski definition) is 5. The zero-order chi connectivity index (χ0) is 16.8. The first-order valence-electron chi connectivity index (χ1n) is 7.66. The molecule has 2 aromatic heterocycles. The van der Waals surface area contributed by atoms with Gasteiger partial charge < -0.3 is 9.88 Å². The molecule has 1 amide bonds. The van der Waals surface area contributed by atoms with Crippen LogP contribution in [0.3, 0.4) is 0 Å². The number of nitrogens with one attached hydrogen (secondary N) is 1. The number of aryl methyl sites for hydroxylation is 1. The maximum absolute atomic E-state index is 12.4. The monoisotopic (exact) mass is 358 g/mol. The Morgan fingerprint density at radius 3 is 2.83 bits per heavy atom. The third kappa shape index (κ3) is 4.04. The number of hydrogen-bond donors (Lipinski definition) is 1. The lowest BCUT2D eigenvalue weighted by atomic mass is 10.1. The van der Waals surface area contributed by atoms with Crippen LogP contribution in [0.2, 0.25) is 0 Å². The molecule has 24 heavy (non-hydrogen) atoms. The van der Waals surface area contributed by atoms with Crippen molar-refractivity contribution in [2.24, 2.45) is 0 Å². The number of rotatable bonds is 7. The second-order valence-corrected chi connectivity index (χ2v) is 7.04. The number of benzene rings is 1. The van der Waals surface area contributed by atoms with Crippen LogP contribution in [-0.2, 0) is 11.3 Å². The first-order chi connectivity index (χ1) is 11.8. The molecular weight excluding hydrogens is 340 g/mol. The minimum absolute atomic E-state index is 0.0205. The van der Waals surface area contributed by atoms with Crippen LogP contribution in [0.25, 0.3) is 0 Å². The van der Waals surface area contributed by atoms with Gasteiger partial charge in [0.2, 0.25) is 5.91 Å². The Bertz CT molecular complexity index is 771. The summed E-state index contributed by atoms with van der Waals surface area (Å²) in [7, 11) is 0. The Hall–Kier alpha value is -2.12. The van der Waals surface area contributed by atoms with E-state index in [0.717, 1.165) is 22.1 Å². The van der Waals surface area contributed by atoms with Gasteiger partial charge in [0.25, 0.3) is 0 Å². The average molecular weight is 358 g/mol. The van der Waals surface area contributed by atoms with Crippen molar-refractivity contribution < 1.29 is 4.79 Å². The normalized spacial score (nSPS) is 12.0. The number of carbonyl (C=O) groups is 1. The van der Waals surface area contributed by atoms with Gasteiger partial charge in [-0.05, 0) is 23.9 Å². The molecule has 0 spiro atoms. The van der Waals surface area contributed by atoms with Crippen LogP contribution in [0.4, 0.5) is 0 Å². The maximum atomic E-state index is 12.4. The van der Waals surface area contributed by atoms with Crippen molar-refractivity contribution in [1.29, 1.82) is 0 Å². The number of carbonyl (C=O) groups excluding carboxylic acids is 1. The summed E-state index contributed by atoms with van der Waals surface area (Å²) in [6.45, 7) is 2.81. The van der Waals surface area contributed by atoms with Crippen LogP contribution in [0.15, 0.2) is 59.3 Å². The highest BCUT2D eigenvalue weighted by atomic mass is 32.2. The molecule has 1 aromatic carbocycles. The topological polar surface area (TPSA) is 59.8 Å². The average Bonchev–Trinajstić information content (AvgIpc) is 3.30. The fraction of sp³-hybridized carbons (Fsp3) is 0.235. The molecule has 0 bridgehead atoms. The molecule has 0 aliphatic heterocycles. The van der Waals surface area contributed by atoms with Gasteiger partial charge in [-0.1, -0.05) is 48.2 Å². The van der Waals surface area contributed by atoms with Crippen molar-refractivity contribution in [3.8, 4) is 0 Å². The van der Waals surface area contributed by atoms with Crippen LogP contribution in [0.5, 0.6) is 0 Å². The van der Waals surface area contributed by atoms with Gasteiger partial charge in [0.15, 0.2) is 5.16 Å². The predicted octanol–water partition coefficient (Wildman–Crippen LogP) is 3.36. The molecule has 0 aliphatic rings. The van der Waals surface area contributed by atoms with Crippen LogP contribution < -0.4 is 5.32 Å². The van der Waals surface area contributed by atoms with Crippen molar-refractivity contribution in [1.82, 2.24) is 20.1 Å². The van der Waals surface area contributed by atoms with E-state index in [4.69, 9.17) is 0 Å². The summed E-state index contributed by atoms with van der Waals surface area (Å²) in [5, 5.41) is 13.8. The van der Waals surface area contributed by atoms with Gasteiger partial charge in [-0.3, -0.25) is 4.79 Å². The molecule has 0 saturated heterocycles. The number of nitrogens with zero attached hydrogens (tertiary/aromatic N) is 3. The number of thiophene rings is 1. The van der Waals surface area contributed by atoms with Gasteiger partial charge in [0.05, 0.1) is 11.8 Å². The van der Waals surface area contributed by atoms with E-state index in [0.29, 0.717) is 5.75 Å². The molecule has 0 aliphatic carbocycles. The second kappa shape index (κ2) is 8.12. The summed E-state index contributed by atoms with van der Waals surface area (Å²) in [4.78, 5) is 13.6. The lowest BCUT2D eigenvalue weighted by Gasteiger charge is -2.18. The largest absolute Gasteiger partial charge is 0.344 e. The van der Waals surface area contributed by atoms with E-state index in [1.165, 1.54) is 11.8 Å². The molecule has 0 saturated carbocycles. The molecule has 3 rings (SSSR count). The zero-order valence-corrected chi connectivity index (χ0v) is 14.9. The molecule has 1 atom stereocenters. The zero-order valence-electron chi connectivity index (χ0n) is 13.3. The summed E-state index contributed by atoms with van der Waals surface area (Å²) in [5.74, 6) is 0.292. The van der Waals surface area contributed by atoms with Crippen LogP contribution in [0, 0.1) is 0 Å². The number of aromatic nitrogens is 3. The van der Waals surface area contributed by atoms with Gasteiger partial charge in [0.1, 0.15) is 6.33 Å². The Morgan fingerprint density at radius 2 is 2.12 bits per heavy atom. The summed E-state index contributed by atoms with van der Waals surface area (Å²) < 4.78 is 1.92. The molecule has 5 nitrogen and oxygen atoms in total. The Kier molecular flexibility index (Phi) is 5.66. The smallest absolute Gasteiger partial charge is 0.231 e. The minimum atomic E-state index is -0.122. The molecule has 0 radical (unpaired) electrons. The fourth-order valence-corrected chi connectivity index (χ4v) is 3.92. The molecule has 2 heterocycles. The van der Waals surface area contributed by atoms with Gasteiger partial charge >= 0.3 is 0 Å². The molecule has 1 N–H and O–H groups in total. The summed E-state index contributed by atoms with van der Waals surface area (Å²) in [5.41, 5.74) is 1.08. The number of thioether (sulfide) groups is 1. The molecule has 0 fully saturated rings. The first-order valence-corrected chi connectivity index (χ1v) is 9.52. The van der Waals surface area contributed by atoms with Crippen LogP contribution in [-0.4, -0.2) is 26.4 Å². The van der Waals surface area contributed by atoms with Gasteiger partial charge in [0, 0.05) is 11.4 Å². The van der Waals surface area contributed by atoms with E-state index < -0.39 is 0 Å². The van der Waals surface area contributed by atoms with Gasteiger partial charge in [-0.15, -0.1) is 21.5 Å². The number of amides is 1. The Balaban J connectivity index is 1.68. The standard InChI is InChI=1S/C17H18N4OS2/c1-2-21-12-18-20-17(21)24-11-15(22)19-16(14-9-6-10-23-14)13-7-4-3-5-8-13/h3-10,12,16H,2,11H2,1H3,(H,19,22)/t16-/m0/s1. The highest BCUT2D eigenvalue weighted by Crippen LogP contribution is 2.26. The van der Waals surface area contributed by atoms with E-state index in [-0.39, 0.29) is 11.9 Å². The Morgan fingerprint density at radius 1 is 1.29 bits per heavy atom. The molecule has 0 unspecified atom stereocenters. The lowest BCUT2D eigenvalue weighted by Crippen LogP contribution is -2.30. The molecular formula is C17H18N4OS2. The van der Waals surface area contributed by atoms with Gasteiger partial charge in [-0.2, -0.15) is 0 Å². The summed E-state index contributed by atoms with van der Waals surface area (Å²) in [6.07, 6.45) is 1.68. The predicted molar refractivity (Wildman–Crippen MR) is 97.2 cm³/mol. The fourth-order valence-electron chi connectivity index (χ4n) is 2.33. The van der Waals surface area contributed by atoms with Crippen molar-refractivity contribution >= 4 is 29.0 Å². The van der Waals surface area contributed by atoms with Crippen molar-refractivity contribution in [3.63, 3.8) is 0 Å². The van der Waals surface area contributed by atoms with Crippen molar-refractivity contribution in [3.05, 3.63) is 64.6 Å². The van der Waals surface area contributed by atoms with E-state index in [2.05, 4.69) is 15.5 Å². The van der Waals surface area contributed by atoms with E-state index in [9.17, 15) is 4.79 Å². The van der Waals surface area contributed by atoms with E-state index >= 15 is 0 Å². The summed E-state index contributed by atoms with van der Waals surface area (Å²) >= 11 is 3.04. The molecule has 124 valence electrons. The quantitative estimate of drug-likeness (QED) is 0.658. The third-order valence-corrected chi connectivity index (χ3v) is 5.44. The van der Waals surface area contributed by atoms with Crippen LogP contribution >= 0.6 is 23.1 Å². The lowest BCUT2D eigenvalue weighted by molar-refractivity contribution is -0.119. The minimum Gasteiger partial charge on any atom is -0.344 e. The second-order valence-electron chi connectivity index (χ2n) is 5.11. The molecule has 7 heteroatoms. The van der Waals surface area contributed by atoms with Crippen LogP contribution in [0.1, 0.15) is 23.4 Å². The van der Waals surface area contributed by atoms with Crippen molar-refractivity contribution in [2.75, 3.05) is 5.75 Å². The highest BCUT2D eigenvalue weighted by molar-refractivity contribution is 7.99. The van der Waals surface area contributed by atoms with Gasteiger partial charge in [-0.25, -0.2) is 0 Å². The maximum Gasteiger partial charge on any atom is 0.231 e.